The Kier molecular flexibility index (Phi) is 3.36. The standard InChI is InChI=1S/C11H20O3S/c12-11-5-3-1-2-4-10(11)9-6-7-15(13,14)8-9/h9-12H,1-8H2. The highest BCUT2D eigenvalue weighted by atomic mass is 32.2. The first-order valence-electron chi connectivity index (χ1n) is 5.97. The second-order valence-corrected chi connectivity index (χ2v) is 7.26. The summed E-state index contributed by atoms with van der Waals surface area (Å²) in [6.45, 7) is 0. The number of hydrogen-bond donors (Lipinski definition) is 1. The Morgan fingerprint density at radius 3 is 2.40 bits per heavy atom. The molecule has 1 aliphatic carbocycles. The molecule has 3 nitrogen and oxygen atoms in total. The van der Waals surface area contributed by atoms with Crippen molar-refractivity contribution in [3.05, 3.63) is 0 Å². The van der Waals surface area contributed by atoms with Gasteiger partial charge in [-0.05, 0) is 31.1 Å². The normalized spacial score (nSPS) is 41.3. The van der Waals surface area contributed by atoms with Gasteiger partial charge >= 0.3 is 0 Å². The topological polar surface area (TPSA) is 54.4 Å². The summed E-state index contributed by atoms with van der Waals surface area (Å²) in [6.07, 6.45) is 5.82. The lowest BCUT2D eigenvalue weighted by molar-refractivity contribution is 0.0725. The fourth-order valence-electron chi connectivity index (χ4n) is 3.03. The largest absolute Gasteiger partial charge is 0.393 e. The van der Waals surface area contributed by atoms with E-state index in [1.54, 1.807) is 0 Å². The molecule has 0 aromatic carbocycles. The summed E-state index contributed by atoms with van der Waals surface area (Å²) in [5.74, 6) is 1.11. The van der Waals surface area contributed by atoms with Gasteiger partial charge in [0.05, 0.1) is 17.6 Å². The summed E-state index contributed by atoms with van der Waals surface area (Å²) in [6, 6.07) is 0. The smallest absolute Gasteiger partial charge is 0.150 e. The van der Waals surface area contributed by atoms with E-state index in [-0.39, 0.29) is 17.9 Å². The van der Waals surface area contributed by atoms with E-state index in [0.717, 1.165) is 32.1 Å². The molecule has 0 amide bonds. The van der Waals surface area contributed by atoms with Crippen LogP contribution in [0.3, 0.4) is 0 Å². The predicted octanol–water partition coefficient (Wildman–Crippen LogP) is 1.36. The van der Waals surface area contributed by atoms with Crippen LogP contribution < -0.4 is 0 Å². The zero-order valence-corrected chi connectivity index (χ0v) is 9.88. The van der Waals surface area contributed by atoms with Crippen LogP contribution in [0.25, 0.3) is 0 Å². The van der Waals surface area contributed by atoms with E-state index in [1.807, 2.05) is 0 Å². The average Bonchev–Trinajstić information content (AvgIpc) is 2.39. The van der Waals surface area contributed by atoms with Crippen LogP contribution in [0.5, 0.6) is 0 Å². The quantitative estimate of drug-likeness (QED) is 0.695. The third-order valence-corrected chi connectivity index (χ3v) is 5.70. The molecule has 0 aromatic rings. The van der Waals surface area contributed by atoms with E-state index in [0.29, 0.717) is 11.5 Å². The predicted molar refractivity (Wildman–Crippen MR) is 59.3 cm³/mol. The first-order valence-corrected chi connectivity index (χ1v) is 7.79. The molecule has 1 heterocycles. The molecule has 1 saturated heterocycles. The van der Waals surface area contributed by atoms with Gasteiger partial charge in [0.25, 0.3) is 0 Å². The SMILES string of the molecule is O=S1(=O)CCC(C2CCCCCC2O)C1. The minimum Gasteiger partial charge on any atom is -0.393 e. The van der Waals surface area contributed by atoms with E-state index in [9.17, 15) is 13.5 Å². The van der Waals surface area contributed by atoms with Gasteiger partial charge in [-0.15, -0.1) is 0 Å². The summed E-state index contributed by atoms with van der Waals surface area (Å²) in [5, 5.41) is 9.98. The van der Waals surface area contributed by atoms with E-state index < -0.39 is 9.84 Å². The van der Waals surface area contributed by atoms with Gasteiger partial charge in [0.1, 0.15) is 0 Å². The van der Waals surface area contributed by atoms with Gasteiger partial charge in [-0.1, -0.05) is 19.3 Å². The fourth-order valence-corrected chi connectivity index (χ4v) is 4.92. The molecule has 1 N–H and O–H groups in total. The monoisotopic (exact) mass is 232 g/mol. The summed E-state index contributed by atoms with van der Waals surface area (Å²) < 4.78 is 22.8. The van der Waals surface area contributed by atoms with Crippen molar-refractivity contribution in [2.75, 3.05) is 11.5 Å². The number of hydrogen-bond acceptors (Lipinski definition) is 3. The molecule has 3 unspecified atom stereocenters. The molecule has 0 bridgehead atoms. The van der Waals surface area contributed by atoms with Crippen LogP contribution in [0.4, 0.5) is 0 Å². The van der Waals surface area contributed by atoms with E-state index in [2.05, 4.69) is 0 Å². The van der Waals surface area contributed by atoms with E-state index >= 15 is 0 Å². The number of aliphatic hydroxyl groups is 1. The van der Waals surface area contributed by atoms with Gasteiger partial charge in [0, 0.05) is 0 Å². The van der Waals surface area contributed by atoms with Crippen molar-refractivity contribution >= 4 is 9.84 Å². The molecular formula is C11H20O3S. The zero-order chi connectivity index (χ0) is 10.9. The molecule has 0 spiro atoms. The molecule has 2 rings (SSSR count). The van der Waals surface area contributed by atoms with Gasteiger partial charge < -0.3 is 5.11 Å². The van der Waals surface area contributed by atoms with Gasteiger partial charge in [-0.25, -0.2) is 8.42 Å². The van der Waals surface area contributed by atoms with Crippen molar-refractivity contribution < 1.29 is 13.5 Å². The molecule has 3 atom stereocenters. The Balaban J connectivity index is 2.03. The van der Waals surface area contributed by atoms with Gasteiger partial charge in [0.2, 0.25) is 0 Å². The van der Waals surface area contributed by atoms with Crippen LogP contribution in [0, 0.1) is 11.8 Å². The lowest BCUT2D eigenvalue weighted by Gasteiger charge is -2.25. The highest BCUT2D eigenvalue weighted by Crippen LogP contribution is 2.35. The Hall–Kier alpha value is -0.0900. The molecule has 0 aromatic heterocycles. The van der Waals surface area contributed by atoms with Crippen molar-refractivity contribution in [1.29, 1.82) is 0 Å². The van der Waals surface area contributed by atoms with Crippen molar-refractivity contribution in [3.63, 3.8) is 0 Å². The molecule has 1 aliphatic heterocycles. The lowest BCUT2D eigenvalue weighted by atomic mass is 9.84. The van der Waals surface area contributed by atoms with Crippen LogP contribution in [0.1, 0.15) is 38.5 Å². The summed E-state index contributed by atoms with van der Waals surface area (Å²) in [7, 11) is -2.79. The maximum absolute atomic E-state index is 11.4. The Labute approximate surface area is 91.8 Å². The first kappa shape index (κ1) is 11.4. The Bertz CT molecular complexity index is 310. The van der Waals surface area contributed by atoms with Crippen molar-refractivity contribution in [2.45, 2.75) is 44.6 Å². The highest BCUT2D eigenvalue weighted by molar-refractivity contribution is 7.91. The van der Waals surface area contributed by atoms with Crippen LogP contribution in [-0.4, -0.2) is 31.1 Å². The molecule has 2 aliphatic rings. The minimum absolute atomic E-state index is 0.225. The van der Waals surface area contributed by atoms with Crippen molar-refractivity contribution in [1.82, 2.24) is 0 Å². The third kappa shape index (κ3) is 2.72. The van der Waals surface area contributed by atoms with Gasteiger partial charge in [-0.2, -0.15) is 0 Å². The third-order valence-electron chi connectivity index (χ3n) is 3.90. The zero-order valence-electron chi connectivity index (χ0n) is 9.06. The van der Waals surface area contributed by atoms with Crippen LogP contribution >= 0.6 is 0 Å². The molecule has 1 saturated carbocycles. The van der Waals surface area contributed by atoms with Crippen molar-refractivity contribution in [3.8, 4) is 0 Å². The summed E-state index contributed by atoms with van der Waals surface area (Å²) in [5.41, 5.74) is 0. The van der Waals surface area contributed by atoms with Crippen molar-refractivity contribution in [2.24, 2.45) is 11.8 Å². The molecule has 0 radical (unpaired) electrons. The maximum Gasteiger partial charge on any atom is 0.150 e. The second kappa shape index (κ2) is 4.42. The highest BCUT2D eigenvalue weighted by Gasteiger charge is 2.37. The molecule has 4 heteroatoms. The maximum atomic E-state index is 11.4. The Morgan fingerprint density at radius 2 is 1.73 bits per heavy atom. The van der Waals surface area contributed by atoms with Crippen LogP contribution in [-0.2, 0) is 9.84 Å². The summed E-state index contributed by atoms with van der Waals surface area (Å²) >= 11 is 0. The number of aliphatic hydroxyl groups excluding tert-OH is 1. The minimum atomic E-state index is -2.79. The fraction of sp³-hybridized carbons (Fsp3) is 1.00. The van der Waals surface area contributed by atoms with Crippen LogP contribution in [0.2, 0.25) is 0 Å². The first-order chi connectivity index (χ1) is 7.08. The van der Waals surface area contributed by atoms with Gasteiger partial charge in [-0.3, -0.25) is 0 Å². The van der Waals surface area contributed by atoms with Crippen LogP contribution in [0.15, 0.2) is 0 Å². The molecule has 15 heavy (non-hydrogen) atoms. The molecule has 2 fully saturated rings. The number of sulfone groups is 1. The van der Waals surface area contributed by atoms with E-state index in [1.165, 1.54) is 6.42 Å². The lowest BCUT2D eigenvalue weighted by Crippen LogP contribution is -2.27. The number of rotatable bonds is 1. The van der Waals surface area contributed by atoms with Gasteiger partial charge in [0.15, 0.2) is 9.84 Å². The summed E-state index contributed by atoms with van der Waals surface area (Å²) in [4.78, 5) is 0. The Morgan fingerprint density at radius 1 is 1.00 bits per heavy atom. The second-order valence-electron chi connectivity index (χ2n) is 5.03. The molecule has 88 valence electrons. The average molecular weight is 232 g/mol. The van der Waals surface area contributed by atoms with E-state index in [4.69, 9.17) is 0 Å². The molecular weight excluding hydrogens is 212 g/mol.